The summed E-state index contributed by atoms with van der Waals surface area (Å²) in [6.07, 6.45) is 2.07. The fourth-order valence-electron chi connectivity index (χ4n) is 1.56. The van der Waals surface area contributed by atoms with E-state index in [0.29, 0.717) is 24.7 Å². The first kappa shape index (κ1) is 15.1. The molecule has 1 amide bonds. The molecule has 0 aliphatic carbocycles. The molecule has 4 nitrogen and oxygen atoms in total. The topological polar surface area (TPSA) is 72.2 Å². The van der Waals surface area contributed by atoms with Crippen molar-refractivity contribution in [1.82, 2.24) is 5.32 Å². The van der Waals surface area contributed by atoms with E-state index in [9.17, 15) is 9.59 Å². The van der Waals surface area contributed by atoms with Crippen LogP contribution in [0.4, 0.5) is 0 Å². The molecule has 0 spiro atoms. The van der Waals surface area contributed by atoms with Crippen LogP contribution in [-0.2, 0) is 9.59 Å². The maximum atomic E-state index is 11.6. The fourth-order valence-corrected chi connectivity index (χ4v) is 1.56. The second-order valence-electron chi connectivity index (χ2n) is 5.12. The highest BCUT2D eigenvalue weighted by atomic mass is 16.2. The Hall–Kier alpha value is -0.900. The van der Waals surface area contributed by atoms with Gasteiger partial charge in [0.05, 0.1) is 12.1 Å². The Kier molecular flexibility index (Phi) is 6.97. The normalized spacial score (nSPS) is 14.9. The van der Waals surface area contributed by atoms with E-state index in [2.05, 4.69) is 5.32 Å². The smallest absolute Gasteiger partial charge is 0.237 e. The van der Waals surface area contributed by atoms with Crippen molar-refractivity contribution < 1.29 is 9.59 Å². The monoisotopic (exact) mass is 228 g/mol. The minimum atomic E-state index is -0.519. The maximum Gasteiger partial charge on any atom is 0.237 e. The van der Waals surface area contributed by atoms with Gasteiger partial charge < -0.3 is 15.8 Å². The molecular formula is C12H24N2O2. The molecule has 0 bridgehead atoms. The van der Waals surface area contributed by atoms with Gasteiger partial charge in [-0.2, -0.15) is 0 Å². The van der Waals surface area contributed by atoms with Gasteiger partial charge in [-0.1, -0.05) is 27.7 Å². The van der Waals surface area contributed by atoms with Crippen molar-refractivity contribution in [3.8, 4) is 0 Å². The Morgan fingerprint density at radius 3 is 2.06 bits per heavy atom. The molecule has 0 aromatic heterocycles. The molecule has 3 N–H and O–H groups in total. The van der Waals surface area contributed by atoms with Gasteiger partial charge in [0.25, 0.3) is 0 Å². The zero-order valence-electron chi connectivity index (χ0n) is 10.7. The van der Waals surface area contributed by atoms with E-state index < -0.39 is 12.1 Å². The van der Waals surface area contributed by atoms with Crippen molar-refractivity contribution in [3.63, 3.8) is 0 Å². The SMILES string of the molecule is CC(C)CC(N)C(=O)N[C@H](C=O)CC(C)C. The highest BCUT2D eigenvalue weighted by Crippen LogP contribution is 2.05. The molecule has 0 aromatic rings. The fraction of sp³-hybridized carbons (Fsp3) is 0.833. The quantitative estimate of drug-likeness (QED) is 0.641. The van der Waals surface area contributed by atoms with Crippen LogP contribution in [0.15, 0.2) is 0 Å². The molecule has 1 unspecified atom stereocenters. The Morgan fingerprint density at radius 1 is 1.19 bits per heavy atom. The van der Waals surface area contributed by atoms with E-state index in [1.54, 1.807) is 0 Å². The van der Waals surface area contributed by atoms with E-state index in [-0.39, 0.29) is 5.91 Å². The zero-order chi connectivity index (χ0) is 12.7. The number of hydrogen-bond donors (Lipinski definition) is 2. The van der Waals surface area contributed by atoms with Crippen molar-refractivity contribution in [2.75, 3.05) is 0 Å². The highest BCUT2D eigenvalue weighted by Gasteiger charge is 2.19. The summed E-state index contributed by atoms with van der Waals surface area (Å²) in [4.78, 5) is 22.4. The van der Waals surface area contributed by atoms with Gasteiger partial charge in [-0.3, -0.25) is 4.79 Å². The standard InChI is InChI=1S/C12H24N2O2/c1-8(2)5-10(7-15)14-12(16)11(13)6-9(3)4/h7-11H,5-6,13H2,1-4H3,(H,14,16)/t10-,11?/m0/s1. The van der Waals surface area contributed by atoms with Crippen LogP contribution in [0.5, 0.6) is 0 Å². The predicted molar refractivity (Wildman–Crippen MR) is 64.9 cm³/mol. The van der Waals surface area contributed by atoms with Gasteiger partial charge in [-0.15, -0.1) is 0 Å². The predicted octanol–water partition coefficient (Wildman–Crippen LogP) is 1.09. The van der Waals surface area contributed by atoms with Crippen LogP contribution in [0.25, 0.3) is 0 Å². The number of aldehydes is 1. The van der Waals surface area contributed by atoms with Crippen molar-refractivity contribution in [1.29, 1.82) is 0 Å². The lowest BCUT2D eigenvalue weighted by Gasteiger charge is -2.19. The first-order valence-corrected chi connectivity index (χ1v) is 5.88. The van der Waals surface area contributed by atoms with Crippen LogP contribution in [0.3, 0.4) is 0 Å². The van der Waals surface area contributed by atoms with Gasteiger partial charge in [0, 0.05) is 0 Å². The largest absolute Gasteiger partial charge is 0.345 e. The number of hydrogen-bond acceptors (Lipinski definition) is 3. The number of carbonyl (C=O) groups excluding carboxylic acids is 2. The van der Waals surface area contributed by atoms with Crippen LogP contribution >= 0.6 is 0 Å². The van der Waals surface area contributed by atoms with Gasteiger partial charge in [-0.25, -0.2) is 0 Å². The number of nitrogens with two attached hydrogens (primary N) is 1. The molecule has 0 saturated carbocycles. The lowest BCUT2D eigenvalue weighted by atomic mass is 10.0. The number of amides is 1. The summed E-state index contributed by atoms with van der Waals surface area (Å²) in [5.74, 6) is 0.517. The lowest BCUT2D eigenvalue weighted by Crippen LogP contribution is -2.46. The summed E-state index contributed by atoms with van der Waals surface area (Å²) in [5, 5.41) is 2.67. The molecule has 94 valence electrons. The van der Waals surface area contributed by atoms with Crippen LogP contribution in [0.1, 0.15) is 40.5 Å². The first-order valence-electron chi connectivity index (χ1n) is 5.88. The summed E-state index contributed by atoms with van der Waals surface area (Å²) >= 11 is 0. The Labute approximate surface area is 98.0 Å². The summed E-state index contributed by atoms with van der Waals surface area (Å²) in [7, 11) is 0. The van der Waals surface area contributed by atoms with E-state index in [4.69, 9.17) is 5.73 Å². The molecule has 0 saturated heterocycles. The second-order valence-corrected chi connectivity index (χ2v) is 5.12. The molecular weight excluding hydrogens is 204 g/mol. The molecule has 0 rings (SSSR count). The summed E-state index contributed by atoms with van der Waals surface area (Å²) in [5.41, 5.74) is 5.72. The van der Waals surface area contributed by atoms with Crippen LogP contribution in [0.2, 0.25) is 0 Å². The Morgan fingerprint density at radius 2 is 1.69 bits per heavy atom. The molecule has 0 aliphatic heterocycles. The summed E-state index contributed by atoms with van der Waals surface area (Å²) in [6.45, 7) is 8.05. The van der Waals surface area contributed by atoms with Crippen molar-refractivity contribution in [3.05, 3.63) is 0 Å². The Bertz CT molecular complexity index is 227. The third kappa shape index (κ3) is 6.56. The minimum absolute atomic E-state index is 0.230. The minimum Gasteiger partial charge on any atom is -0.345 e. The van der Waals surface area contributed by atoms with Gasteiger partial charge >= 0.3 is 0 Å². The third-order valence-electron chi connectivity index (χ3n) is 2.28. The van der Waals surface area contributed by atoms with Crippen LogP contribution < -0.4 is 11.1 Å². The third-order valence-corrected chi connectivity index (χ3v) is 2.28. The second kappa shape index (κ2) is 7.39. The van der Waals surface area contributed by atoms with Crippen molar-refractivity contribution >= 4 is 12.2 Å². The van der Waals surface area contributed by atoms with E-state index in [0.717, 1.165) is 6.29 Å². The summed E-state index contributed by atoms with van der Waals surface area (Å²) < 4.78 is 0. The van der Waals surface area contributed by atoms with Gasteiger partial charge in [-0.05, 0) is 24.7 Å². The Balaban J connectivity index is 4.13. The molecule has 16 heavy (non-hydrogen) atoms. The average Bonchev–Trinajstić information content (AvgIpc) is 2.14. The number of carbonyl (C=O) groups is 2. The van der Waals surface area contributed by atoms with E-state index in [1.807, 2.05) is 27.7 Å². The van der Waals surface area contributed by atoms with E-state index in [1.165, 1.54) is 0 Å². The lowest BCUT2D eigenvalue weighted by molar-refractivity contribution is -0.125. The van der Waals surface area contributed by atoms with Gasteiger partial charge in [0.1, 0.15) is 6.29 Å². The van der Waals surface area contributed by atoms with Crippen molar-refractivity contribution in [2.24, 2.45) is 17.6 Å². The highest BCUT2D eigenvalue weighted by molar-refractivity contribution is 5.84. The van der Waals surface area contributed by atoms with Crippen LogP contribution in [0, 0.1) is 11.8 Å². The summed E-state index contributed by atoms with van der Waals surface area (Å²) in [6, 6.07) is -0.930. The van der Waals surface area contributed by atoms with Crippen LogP contribution in [-0.4, -0.2) is 24.3 Å². The maximum absolute atomic E-state index is 11.6. The zero-order valence-corrected chi connectivity index (χ0v) is 10.7. The molecule has 4 heteroatoms. The van der Waals surface area contributed by atoms with E-state index >= 15 is 0 Å². The molecule has 0 aliphatic rings. The first-order chi connectivity index (χ1) is 7.36. The number of rotatable bonds is 7. The number of nitrogens with one attached hydrogen (secondary N) is 1. The molecule has 0 heterocycles. The molecule has 0 fully saturated rings. The average molecular weight is 228 g/mol. The molecule has 2 atom stereocenters. The van der Waals surface area contributed by atoms with Gasteiger partial charge in [0.2, 0.25) is 5.91 Å². The molecule has 0 aromatic carbocycles. The van der Waals surface area contributed by atoms with Gasteiger partial charge in [0.15, 0.2) is 0 Å². The molecule has 0 radical (unpaired) electrons. The van der Waals surface area contributed by atoms with Crippen molar-refractivity contribution in [2.45, 2.75) is 52.6 Å².